The van der Waals surface area contributed by atoms with E-state index >= 15 is 0 Å². The van der Waals surface area contributed by atoms with Crippen LogP contribution in [0.2, 0.25) is 0 Å². The zero-order valence-corrected chi connectivity index (χ0v) is 16.1. The molecule has 0 saturated heterocycles. The molecule has 2 heterocycles. The third kappa shape index (κ3) is 5.00. The van der Waals surface area contributed by atoms with E-state index in [1.165, 1.54) is 6.07 Å². The van der Waals surface area contributed by atoms with Crippen molar-refractivity contribution in [3.8, 4) is 11.4 Å². The van der Waals surface area contributed by atoms with Gasteiger partial charge in [-0.1, -0.05) is 0 Å². The van der Waals surface area contributed by atoms with Crippen LogP contribution < -0.4 is 11.3 Å². The predicted octanol–water partition coefficient (Wildman–Crippen LogP) is 3.44. The largest absolute Gasteiger partial charge is 0.419 e. The summed E-state index contributed by atoms with van der Waals surface area (Å²) in [4.78, 5) is 22.3. The lowest BCUT2D eigenvalue weighted by molar-refractivity contribution is -0.138. The van der Waals surface area contributed by atoms with Gasteiger partial charge in [0.05, 0.1) is 17.7 Å². The summed E-state index contributed by atoms with van der Waals surface area (Å²) in [5, 5.41) is 0.567. The standard InChI is InChI=1S/C20H20F4N4O2/c1-30-10-13(25)3-2-4-14-5-11-6-16(17(21)7-15(11)19(29)28-14)18-26-8-12(9-27-18)20(22,23)24/h5-9,13H,2-4,10,25H2,1H3,(H,28,29)/t13-/m1/s1. The first-order valence-electron chi connectivity index (χ1n) is 9.18. The predicted molar refractivity (Wildman–Crippen MR) is 103 cm³/mol. The molecule has 2 aromatic heterocycles. The molecule has 3 rings (SSSR count). The van der Waals surface area contributed by atoms with Crippen molar-refractivity contribution in [3.05, 3.63) is 58.0 Å². The monoisotopic (exact) mass is 424 g/mol. The molecule has 30 heavy (non-hydrogen) atoms. The Bertz CT molecular complexity index is 1080. The fourth-order valence-corrected chi connectivity index (χ4v) is 3.11. The first kappa shape index (κ1) is 21.8. The number of nitrogens with zero attached hydrogens (tertiary/aromatic N) is 2. The molecule has 10 heteroatoms. The number of hydrogen-bond acceptors (Lipinski definition) is 5. The molecule has 0 unspecified atom stereocenters. The van der Waals surface area contributed by atoms with E-state index in [9.17, 15) is 22.4 Å². The van der Waals surface area contributed by atoms with Crippen molar-refractivity contribution in [2.24, 2.45) is 5.73 Å². The van der Waals surface area contributed by atoms with Gasteiger partial charge in [0, 0.05) is 36.6 Å². The number of benzene rings is 1. The summed E-state index contributed by atoms with van der Waals surface area (Å²) in [6.07, 6.45) is -1.44. The van der Waals surface area contributed by atoms with Crippen LogP contribution in [0.1, 0.15) is 24.1 Å². The second kappa shape index (κ2) is 8.88. The third-order valence-corrected chi connectivity index (χ3v) is 4.61. The summed E-state index contributed by atoms with van der Waals surface area (Å²) >= 11 is 0. The lowest BCUT2D eigenvalue weighted by Crippen LogP contribution is -2.25. The fourth-order valence-electron chi connectivity index (χ4n) is 3.11. The van der Waals surface area contributed by atoms with Crippen molar-refractivity contribution >= 4 is 10.8 Å². The van der Waals surface area contributed by atoms with Crippen molar-refractivity contribution in [2.45, 2.75) is 31.5 Å². The average Bonchev–Trinajstić information content (AvgIpc) is 2.68. The Hall–Kier alpha value is -2.85. The van der Waals surface area contributed by atoms with Crippen molar-refractivity contribution in [2.75, 3.05) is 13.7 Å². The minimum Gasteiger partial charge on any atom is -0.383 e. The van der Waals surface area contributed by atoms with Gasteiger partial charge in [-0.15, -0.1) is 0 Å². The minimum atomic E-state index is -4.59. The van der Waals surface area contributed by atoms with Gasteiger partial charge in [0.25, 0.3) is 5.56 Å². The molecule has 0 aliphatic rings. The number of nitrogens with one attached hydrogen (secondary N) is 1. The van der Waals surface area contributed by atoms with Gasteiger partial charge in [0.2, 0.25) is 0 Å². The van der Waals surface area contributed by atoms with E-state index in [0.717, 1.165) is 6.07 Å². The van der Waals surface area contributed by atoms with E-state index in [4.69, 9.17) is 10.5 Å². The highest BCUT2D eigenvalue weighted by atomic mass is 19.4. The average molecular weight is 424 g/mol. The van der Waals surface area contributed by atoms with Gasteiger partial charge in [-0.05, 0) is 42.8 Å². The quantitative estimate of drug-likeness (QED) is 0.567. The van der Waals surface area contributed by atoms with E-state index in [2.05, 4.69) is 15.0 Å². The number of pyridine rings is 1. The first-order chi connectivity index (χ1) is 14.2. The van der Waals surface area contributed by atoms with Crippen molar-refractivity contribution in [3.63, 3.8) is 0 Å². The Morgan fingerprint density at radius 2 is 1.90 bits per heavy atom. The summed E-state index contributed by atoms with van der Waals surface area (Å²) in [6.45, 7) is 0.435. The molecule has 0 spiro atoms. The van der Waals surface area contributed by atoms with Crippen molar-refractivity contribution in [1.82, 2.24) is 15.0 Å². The normalized spacial score (nSPS) is 13.0. The molecule has 1 aromatic carbocycles. The van der Waals surface area contributed by atoms with Crippen LogP contribution in [-0.2, 0) is 17.3 Å². The van der Waals surface area contributed by atoms with Gasteiger partial charge in [-0.2, -0.15) is 13.2 Å². The molecule has 6 nitrogen and oxygen atoms in total. The molecule has 0 amide bonds. The molecule has 0 bridgehead atoms. The van der Waals surface area contributed by atoms with Crippen LogP contribution >= 0.6 is 0 Å². The Kier molecular flexibility index (Phi) is 6.47. The number of hydrogen-bond donors (Lipinski definition) is 2. The molecule has 0 saturated carbocycles. The van der Waals surface area contributed by atoms with E-state index in [1.807, 2.05) is 0 Å². The number of methoxy groups -OCH3 is 1. The molecule has 3 N–H and O–H groups in total. The Labute approximate surface area is 169 Å². The van der Waals surface area contributed by atoms with Gasteiger partial charge >= 0.3 is 6.18 Å². The smallest absolute Gasteiger partial charge is 0.383 e. The number of alkyl halides is 3. The summed E-state index contributed by atoms with van der Waals surface area (Å²) in [5.74, 6) is -0.999. The Morgan fingerprint density at radius 1 is 1.20 bits per heavy atom. The number of aromatic amines is 1. The van der Waals surface area contributed by atoms with Gasteiger partial charge in [-0.3, -0.25) is 4.79 Å². The Morgan fingerprint density at radius 3 is 2.53 bits per heavy atom. The number of rotatable bonds is 7. The summed E-state index contributed by atoms with van der Waals surface area (Å²) in [7, 11) is 1.57. The molecule has 0 aliphatic carbocycles. The van der Waals surface area contributed by atoms with Crippen molar-refractivity contribution in [1.29, 1.82) is 0 Å². The number of ether oxygens (including phenoxy) is 1. The molecular weight excluding hydrogens is 404 g/mol. The van der Waals surface area contributed by atoms with Crippen LogP contribution in [-0.4, -0.2) is 34.7 Å². The van der Waals surface area contributed by atoms with E-state index in [1.54, 1.807) is 13.2 Å². The van der Waals surface area contributed by atoms with Crippen LogP contribution in [0, 0.1) is 5.82 Å². The third-order valence-electron chi connectivity index (χ3n) is 4.61. The molecule has 1 atom stereocenters. The van der Waals surface area contributed by atoms with Gasteiger partial charge in [-0.25, -0.2) is 14.4 Å². The van der Waals surface area contributed by atoms with Crippen LogP contribution in [0.3, 0.4) is 0 Å². The van der Waals surface area contributed by atoms with Crippen molar-refractivity contribution < 1.29 is 22.3 Å². The van der Waals surface area contributed by atoms with E-state index in [-0.39, 0.29) is 22.8 Å². The topological polar surface area (TPSA) is 93.9 Å². The Balaban J connectivity index is 1.90. The van der Waals surface area contributed by atoms with Crippen LogP contribution in [0.25, 0.3) is 22.2 Å². The zero-order chi connectivity index (χ0) is 21.9. The number of fused-ring (bicyclic) bond motifs is 1. The molecule has 3 aromatic rings. The van der Waals surface area contributed by atoms with Gasteiger partial charge in [0.15, 0.2) is 5.82 Å². The minimum absolute atomic E-state index is 0.0881. The molecule has 0 aliphatic heterocycles. The van der Waals surface area contributed by atoms with Gasteiger partial charge < -0.3 is 15.5 Å². The lowest BCUT2D eigenvalue weighted by atomic mass is 10.0. The number of aromatic nitrogens is 3. The van der Waals surface area contributed by atoms with Crippen LogP contribution in [0.15, 0.2) is 35.4 Å². The molecule has 0 fully saturated rings. The molecular formula is C20H20F4N4O2. The van der Waals surface area contributed by atoms with Crippen LogP contribution in [0.5, 0.6) is 0 Å². The molecule has 160 valence electrons. The summed E-state index contributed by atoms with van der Waals surface area (Å²) in [5.41, 5.74) is 4.95. The van der Waals surface area contributed by atoms with E-state index in [0.29, 0.717) is 49.3 Å². The summed E-state index contributed by atoms with van der Waals surface area (Å²) in [6, 6.07) is 3.98. The SMILES string of the molecule is COC[C@H](N)CCCc1cc2cc(-c3ncc(C(F)(F)F)cn3)c(F)cc2c(=O)[nH]1. The second-order valence-electron chi connectivity index (χ2n) is 6.94. The second-order valence-corrected chi connectivity index (χ2v) is 6.94. The van der Waals surface area contributed by atoms with Gasteiger partial charge in [0.1, 0.15) is 5.82 Å². The number of nitrogens with two attached hydrogens (primary N) is 1. The highest BCUT2D eigenvalue weighted by Gasteiger charge is 2.31. The number of aryl methyl sites for hydroxylation is 1. The number of H-pyrrole nitrogens is 1. The molecule has 0 radical (unpaired) electrons. The maximum atomic E-state index is 14.5. The van der Waals surface area contributed by atoms with E-state index < -0.39 is 23.1 Å². The summed E-state index contributed by atoms with van der Waals surface area (Å²) < 4.78 is 57.5. The lowest BCUT2D eigenvalue weighted by Gasteiger charge is -2.11. The zero-order valence-electron chi connectivity index (χ0n) is 16.1. The maximum Gasteiger partial charge on any atom is 0.419 e. The highest BCUT2D eigenvalue weighted by Crippen LogP contribution is 2.30. The maximum absolute atomic E-state index is 14.5. The highest BCUT2D eigenvalue weighted by molar-refractivity contribution is 5.86. The van der Waals surface area contributed by atoms with Crippen LogP contribution in [0.4, 0.5) is 17.6 Å². The fraction of sp³-hybridized carbons (Fsp3) is 0.350. The first-order valence-corrected chi connectivity index (χ1v) is 9.18. The number of halogens is 4.